The molecule has 0 aromatic rings. The van der Waals surface area contributed by atoms with Crippen molar-refractivity contribution in [2.45, 2.75) is 58.5 Å². The fourth-order valence-corrected chi connectivity index (χ4v) is 1.79. The largest absolute Gasteiger partial charge is 0.481 e. The maximum absolute atomic E-state index is 11.9. The molecule has 0 aliphatic rings. The van der Waals surface area contributed by atoms with E-state index in [1.54, 1.807) is 11.9 Å². The molecule has 2 N–H and O–H groups in total. The Balaban J connectivity index is 4.34. The minimum atomic E-state index is -0.887. The Morgan fingerprint density at radius 1 is 1.18 bits per heavy atom. The molecule has 5 heteroatoms. The normalized spacial score (nSPS) is 12.3. The van der Waals surface area contributed by atoms with E-state index in [4.69, 9.17) is 5.11 Å². The maximum Gasteiger partial charge on any atom is 0.317 e. The molecule has 0 saturated heterocycles. The number of carboxylic acid groups (broad SMARTS) is 1. The number of carboxylic acids is 1. The van der Waals surface area contributed by atoms with Gasteiger partial charge in [-0.3, -0.25) is 4.79 Å². The van der Waals surface area contributed by atoms with Crippen molar-refractivity contribution < 1.29 is 14.7 Å². The van der Waals surface area contributed by atoms with Crippen molar-refractivity contribution in [2.24, 2.45) is 0 Å². The lowest BCUT2D eigenvalue weighted by atomic mass is 10.1. The summed E-state index contributed by atoms with van der Waals surface area (Å²) in [5.74, 6) is -0.887. The van der Waals surface area contributed by atoms with Crippen LogP contribution in [0.5, 0.6) is 0 Å². The molecule has 0 bridgehead atoms. The van der Waals surface area contributed by atoms with Gasteiger partial charge in [0.25, 0.3) is 0 Å². The van der Waals surface area contributed by atoms with Crippen molar-refractivity contribution in [1.82, 2.24) is 10.2 Å². The Morgan fingerprint density at radius 3 is 2.06 bits per heavy atom. The van der Waals surface area contributed by atoms with Gasteiger partial charge in [0.1, 0.15) is 0 Å². The average molecular weight is 244 g/mol. The molecule has 1 unspecified atom stereocenters. The Labute approximate surface area is 103 Å². The number of urea groups is 1. The van der Waals surface area contributed by atoms with Crippen molar-refractivity contribution >= 4 is 12.0 Å². The fraction of sp³-hybridized carbons (Fsp3) is 0.833. The molecule has 0 aliphatic heterocycles. The third-order valence-electron chi connectivity index (χ3n) is 3.05. The fourth-order valence-electron chi connectivity index (χ4n) is 1.79. The van der Waals surface area contributed by atoms with Gasteiger partial charge >= 0.3 is 12.0 Å². The highest BCUT2D eigenvalue weighted by atomic mass is 16.4. The Morgan fingerprint density at radius 2 is 1.71 bits per heavy atom. The minimum absolute atomic E-state index is 0.0288. The summed E-state index contributed by atoms with van der Waals surface area (Å²) in [6, 6.07) is -0.277. The maximum atomic E-state index is 11.9. The van der Waals surface area contributed by atoms with Crippen LogP contribution < -0.4 is 5.32 Å². The first-order valence-electron chi connectivity index (χ1n) is 6.21. The first kappa shape index (κ1) is 15.7. The third-order valence-corrected chi connectivity index (χ3v) is 3.05. The molecule has 1 atom stereocenters. The van der Waals surface area contributed by atoms with Crippen molar-refractivity contribution in [3.8, 4) is 0 Å². The number of carbonyl (C=O) groups excluding carboxylic acids is 1. The minimum Gasteiger partial charge on any atom is -0.481 e. The van der Waals surface area contributed by atoms with Crippen LogP contribution in [0.2, 0.25) is 0 Å². The Bertz CT molecular complexity index is 252. The molecule has 0 radical (unpaired) electrons. The van der Waals surface area contributed by atoms with Crippen LogP contribution in [-0.4, -0.2) is 41.1 Å². The lowest BCUT2D eigenvalue weighted by molar-refractivity contribution is -0.137. The van der Waals surface area contributed by atoms with Gasteiger partial charge in [0, 0.05) is 19.1 Å². The zero-order chi connectivity index (χ0) is 13.4. The Kier molecular flexibility index (Phi) is 7.34. The summed E-state index contributed by atoms with van der Waals surface area (Å²) in [7, 11) is 1.75. The van der Waals surface area contributed by atoms with Crippen LogP contribution in [-0.2, 0) is 4.79 Å². The van der Waals surface area contributed by atoms with Crippen LogP contribution in [0.4, 0.5) is 4.79 Å². The van der Waals surface area contributed by atoms with Crippen LogP contribution in [0.1, 0.15) is 46.5 Å². The van der Waals surface area contributed by atoms with Crippen LogP contribution >= 0.6 is 0 Å². The summed E-state index contributed by atoms with van der Waals surface area (Å²) in [5.41, 5.74) is 0. The molecular weight excluding hydrogens is 220 g/mol. The van der Waals surface area contributed by atoms with E-state index >= 15 is 0 Å². The van der Waals surface area contributed by atoms with Crippen molar-refractivity contribution in [3.63, 3.8) is 0 Å². The van der Waals surface area contributed by atoms with Gasteiger partial charge in [-0.15, -0.1) is 0 Å². The smallest absolute Gasteiger partial charge is 0.317 e. The monoisotopic (exact) mass is 244 g/mol. The van der Waals surface area contributed by atoms with E-state index in [1.165, 1.54) is 0 Å². The topological polar surface area (TPSA) is 69.6 Å². The van der Waals surface area contributed by atoms with E-state index in [2.05, 4.69) is 5.32 Å². The standard InChI is InChI=1S/C12H24N2O3/c1-5-9(8-11(15)16)13-12(17)14(4)10(6-2)7-3/h9-10H,5-8H2,1-4H3,(H,13,17)(H,15,16). The van der Waals surface area contributed by atoms with E-state index in [0.717, 1.165) is 12.8 Å². The van der Waals surface area contributed by atoms with E-state index in [0.29, 0.717) is 6.42 Å². The highest BCUT2D eigenvalue weighted by molar-refractivity contribution is 5.76. The van der Waals surface area contributed by atoms with E-state index in [9.17, 15) is 9.59 Å². The van der Waals surface area contributed by atoms with E-state index < -0.39 is 5.97 Å². The highest BCUT2D eigenvalue weighted by Crippen LogP contribution is 2.07. The molecule has 17 heavy (non-hydrogen) atoms. The number of carbonyl (C=O) groups is 2. The molecular formula is C12H24N2O3. The van der Waals surface area contributed by atoms with Crippen molar-refractivity contribution in [3.05, 3.63) is 0 Å². The number of rotatable bonds is 7. The second kappa shape index (κ2) is 7.92. The van der Waals surface area contributed by atoms with Crippen LogP contribution in [0, 0.1) is 0 Å². The first-order valence-corrected chi connectivity index (χ1v) is 6.21. The summed E-state index contributed by atoms with van der Waals surface area (Å²) < 4.78 is 0. The summed E-state index contributed by atoms with van der Waals surface area (Å²) >= 11 is 0. The molecule has 0 fully saturated rings. The van der Waals surface area contributed by atoms with Crippen molar-refractivity contribution in [2.75, 3.05) is 7.05 Å². The third kappa shape index (κ3) is 5.56. The molecule has 0 aromatic heterocycles. The van der Waals surface area contributed by atoms with Gasteiger partial charge in [0.2, 0.25) is 0 Å². The average Bonchev–Trinajstić information content (AvgIpc) is 2.28. The molecule has 0 aromatic carbocycles. The van der Waals surface area contributed by atoms with E-state index in [1.807, 2.05) is 20.8 Å². The summed E-state index contributed by atoms with van der Waals surface area (Å²) in [6.07, 6.45) is 2.39. The quantitative estimate of drug-likeness (QED) is 0.720. The molecule has 0 spiro atoms. The first-order chi connectivity index (χ1) is 7.96. The molecule has 0 aliphatic carbocycles. The number of nitrogens with zero attached hydrogens (tertiary/aromatic N) is 1. The molecule has 0 rings (SSSR count). The van der Waals surface area contributed by atoms with Crippen LogP contribution in [0.3, 0.4) is 0 Å². The number of hydrogen-bond acceptors (Lipinski definition) is 2. The Hall–Kier alpha value is -1.26. The number of nitrogens with one attached hydrogen (secondary N) is 1. The lowest BCUT2D eigenvalue weighted by Crippen LogP contribution is -2.47. The van der Waals surface area contributed by atoms with Gasteiger partial charge in [-0.25, -0.2) is 4.79 Å². The van der Waals surface area contributed by atoms with Gasteiger partial charge in [0.15, 0.2) is 0 Å². The van der Waals surface area contributed by atoms with Crippen LogP contribution in [0.15, 0.2) is 0 Å². The summed E-state index contributed by atoms with van der Waals surface area (Å²) in [4.78, 5) is 24.1. The SMILES string of the molecule is CCC(CC(=O)O)NC(=O)N(C)C(CC)CC. The second-order valence-electron chi connectivity index (χ2n) is 4.23. The molecule has 2 amide bonds. The molecule has 0 heterocycles. The van der Waals surface area contributed by atoms with Gasteiger partial charge in [-0.2, -0.15) is 0 Å². The summed E-state index contributed by atoms with van der Waals surface area (Å²) in [5, 5.41) is 11.5. The van der Waals surface area contributed by atoms with E-state index in [-0.39, 0.29) is 24.5 Å². The zero-order valence-electron chi connectivity index (χ0n) is 11.2. The molecule has 0 saturated carbocycles. The predicted octanol–water partition coefficient (Wildman–Crippen LogP) is 2.07. The lowest BCUT2D eigenvalue weighted by Gasteiger charge is -2.28. The predicted molar refractivity (Wildman–Crippen MR) is 67.0 cm³/mol. The van der Waals surface area contributed by atoms with Gasteiger partial charge < -0.3 is 15.3 Å². The molecule has 5 nitrogen and oxygen atoms in total. The van der Waals surface area contributed by atoms with Gasteiger partial charge in [-0.1, -0.05) is 20.8 Å². The molecule has 100 valence electrons. The number of hydrogen-bond donors (Lipinski definition) is 2. The number of amides is 2. The van der Waals surface area contributed by atoms with Crippen molar-refractivity contribution in [1.29, 1.82) is 0 Å². The summed E-state index contributed by atoms with van der Waals surface area (Å²) in [6.45, 7) is 5.93. The van der Waals surface area contributed by atoms with Crippen LogP contribution in [0.25, 0.3) is 0 Å². The highest BCUT2D eigenvalue weighted by Gasteiger charge is 2.20. The van der Waals surface area contributed by atoms with Gasteiger partial charge in [0.05, 0.1) is 6.42 Å². The second-order valence-corrected chi connectivity index (χ2v) is 4.23. The zero-order valence-corrected chi connectivity index (χ0v) is 11.2. The van der Waals surface area contributed by atoms with Gasteiger partial charge in [-0.05, 0) is 19.3 Å². The number of aliphatic carboxylic acids is 1.